The third-order valence-corrected chi connectivity index (χ3v) is 17.5. The molecular weight excluding hydrogens is 942 g/mol. The van der Waals surface area contributed by atoms with Gasteiger partial charge in [-0.1, -0.05) is 279 Å². The van der Waals surface area contributed by atoms with E-state index in [1.165, 1.54) is 0 Å². The van der Waals surface area contributed by atoms with Gasteiger partial charge in [0.25, 0.3) is 0 Å². The summed E-state index contributed by atoms with van der Waals surface area (Å²) in [6.45, 7) is 0. The molecule has 76 heavy (non-hydrogen) atoms. The van der Waals surface area contributed by atoms with Crippen molar-refractivity contribution >= 4 is 44.6 Å². The van der Waals surface area contributed by atoms with Crippen molar-refractivity contribution in [1.82, 2.24) is 15.0 Å². The van der Waals surface area contributed by atoms with Crippen molar-refractivity contribution < 1.29 is 4.57 Å². The number of rotatable bonds is 11. The Balaban J connectivity index is 0.748. The molecule has 13 aromatic rings. The van der Waals surface area contributed by atoms with Crippen LogP contribution in [0.4, 0.5) is 0 Å². The van der Waals surface area contributed by atoms with E-state index in [4.69, 9.17) is 15.0 Å². The molecule has 0 saturated carbocycles. The molecule has 358 valence electrons. The van der Waals surface area contributed by atoms with Crippen LogP contribution in [0.5, 0.6) is 0 Å². The lowest BCUT2D eigenvalue weighted by atomic mass is 9.97. The minimum atomic E-state index is -3.24. The van der Waals surface area contributed by atoms with Gasteiger partial charge in [-0.2, -0.15) is 0 Å². The largest absolute Gasteiger partial charge is 0.309 e. The van der Waals surface area contributed by atoms with Crippen LogP contribution >= 0.6 is 7.14 Å². The molecule has 0 bridgehead atoms. The molecule has 1 heterocycles. The van der Waals surface area contributed by atoms with Crippen LogP contribution in [0.25, 0.3) is 111 Å². The molecule has 0 fully saturated rings. The van der Waals surface area contributed by atoms with Gasteiger partial charge < -0.3 is 4.57 Å². The molecule has 0 atom stereocenters. The summed E-state index contributed by atoms with van der Waals surface area (Å²) in [6, 6.07) is 101. The standard InChI is InChI=1S/C71H48N3OP/c75-76(67-45-41-51-15-7-9-17-64(51)47-67,68-46-42-52-16-8-10-18-65(52)48-68)66-43-39-60(40-44-66)58-25-23-56(24-26-58)55-19-21-57(22-20-55)59-31-37-63(38-32-59)71-73-69(61-33-27-53(28-34-61)49-11-3-1-4-12-49)72-70(74-71)62-35-29-54(30-36-62)50-13-5-2-6-14-50/h1-48H. The van der Waals surface area contributed by atoms with E-state index < -0.39 is 7.14 Å². The molecule has 0 spiro atoms. The molecule has 13 rings (SSSR count). The Hall–Kier alpha value is -9.60. The van der Waals surface area contributed by atoms with Gasteiger partial charge in [-0.25, -0.2) is 15.0 Å². The molecule has 0 aliphatic carbocycles. The van der Waals surface area contributed by atoms with Crippen molar-refractivity contribution in [2.24, 2.45) is 0 Å². The first-order valence-electron chi connectivity index (χ1n) is 25.6. The summed E-state index contributed by atoms with van der Waals surface area (Å²) in [5.41, 5.74) is 14.0. The Kier molecular flexibility index (Phi) is 12.2. The Morgan fingerprint density at radius 2 is 0.421 bits per heavy atom. The van der Waals surface area contributed by atoms with Crippen LogP contribution in [0, 0.1) is 0 Å². The Morgan fingerprint density at radius 1 is 0.197 bits per heavy atom. The topological polar surface area (TPSA) is 55.7 Å². The van der Waals surface area contributed by atoms with Crippen LogP contribution in [0.15, 0.2) is 291 Å². The molecule has 4 nitrogen and oxygen atoms in total. The number of hydrogen-bond acceptors (Lipinski definition) is 4. The summed E-state index contributed by atoms with van der Waals surface area (Å²) >= 11 is 0. The number of fused-ring (bicyclic) bond motifs is 2. The van der Waals surface area contributed by atoms with Crippen molar-refractivity contribution in [3.05, 3.63) is 291 Å². The SMILES string of the molecule is O=P(c1ccc(-c2ccc(-c3ccc(-c4ccc(-c5nc(-c6ccc(-c7ccccc7)cc6)nc(-c6ccc(-c7ccccc7)cc6)n5)cc4)cc3)cc2)cc1)(c1ccc2ccccc2c1)c1ccc2ccccc2c1. The number of benzene rings is 12. The molecular formula is C71H48N3OP. The van der Waals surface area contributed by atoms with Crippen molar-refractivity contribution in [2.75, 3.05) is 0 Å². The summed E-state index contributed by atoms with van der Waals surface area (Å²) < 4.78 is 15.7. The van der Waals surface area contributed by atoms with Gasteiger partial charge in [0.1, 0.15) is 0 Å². The summed E-state index contributed by atoms with van der Waals surface area (Å²) in [4.78, 5) is 15.2. The highest BCUT2D eigenvalue weighted by Gasteiger charge is 2.30. The first-order valence-corrected chi connectivity index (χ1v) is 27.3. The molecule has 0 amide bonds. The molecule has 0 aliphatic heterocycles. The predicted molar refractivity (Wildman–Crippen MR) is 318 cm³/mol. The van der Waals surface area contributed by atoms with E-state index in [1.807, 2.05) is 48.5 Å². The first kappa shape index (κ1) is 46.2. The maximum Gasteiger partial charge on any atom is 0.171 e. The van der Waals surface area contributed by atoms with Gasteiger partial charge in [0.15, 0.2) is 24.6 Å². The number of nitrogens with zero attached hydrogens (tertiary/aromatic N) is 3. The van der Waals surface area contributed by atoms with Gasteiger partial charge in [-0.05, 0) is 89.3 Å². The molecule has 5 heteroatoms. The van der Waals surface area contributed by atoms with Gasteiger partial charge >= 0.3 is 0 Å². The highest BCUT2D eigenvalue weighted by Crippen LogP contribution is 2.44. The molecule has 0 saturated heterocycles. The zero-order valence-corrected chi connectivity index (χ0v) is 42.3. The minimum absolute atomic E-state index is 0.614. The van der Waals surface area contributed by atoms with E-state index in [0.717, 1.165) is 110 Å². The lowest BCUT2D eigenvalue weighted by Gasteiger charge is -2.21. The van der Waals surface area contributed by atoms with Crippen LogP contribution in [-0.4, -0.2) is 15.0 Å². The second kappa shape index (κ2) is 20.0. The molecule has 0 unspecified atom stereocenters. The first-order chi connectivity index (χ1) is 37.5. The third kappa shape index (κ3) is 9.13. The van der Waals surface area contributed by atoms with Gasteiger partial charge in [-0.15, -0.1) is 0 Å². The lowest BCUT2D eigenvalue weighted by Crippen LogP contribution is -2.25. The van der Waals surface area contributed by atoms with E-state index in [9.17, 15) is 0 Å². The highest BCUT2D eigenvalue weighted by molar-refractivity contribution is 7.85. The smallest absolute Gasteiger partial charge is 0.171 e. The summed E-state index contributed by atoms with van der Waals surface area (Å²) in [7, 11) is -3.24. The van der Waals surface area contributed by atoms with Gasteiger partial charge in [0, 0.05) is 32.6 Å². The summed E-state index contributed by atoms with van der Waals surface area (Å²) in [6.07, 6.45) is 0. The molecule has 0 radical (unpaired) electrons. The quantitative estimate of drug-likeness (QED) is 0.121. The molecule has 1 aromatic heterocycles. The van der Waals surface area contributed by atoms with E-state index in [2.05, 4.69) is 243 Å². The van der Waals surface area contributed by atoms with Crippen LogP contribution in [-0.2, 0) is 4.57 Å². The molecule has 0 aliphatic rings. The Morgan fingerprint density at radius 3 is 0.724 bits per heavy atom. The normalized spacial score (nSPS) is 11.5. The second-order valence-corrected chi connectivity index (χ2v) is 21.9. The zero-order valence-electron chi connectivity index (χ0n) is 41.4. The number of aromatic nitrogens is 3. The second-order valence-electron chi connectivity index (χ2n) is 19.1. The summed E-state index contributed by atoms with van der Waals surface area (Å²) in [5, 5.41) is 6.87. The summed E-state index contributed by atoms with van der Waals surface area (Å²) in [5.74, 6) is 1.85. The highest BCUT2D eigenvalue weighted by atomic mass is 31.2. The zero-order chi connectivity index (χ0) is 50.8. The van der Waals surface area contributed by atoms with Crippen LogP contribution < -0.4 is 15.9 Å². The van der Waals surface area contributed by atoms with Gasteiger partial charge in [0.05, 0.1) is 0 Å². The van der Waals surface area contributed by atoms with Crippen LogP contribution in [0.1, 0.15) is 0 Å². The van der Waals surface area contributed by atoms with Crippen molar-refractivity contribution in [1.29, 1.82) is 0 Å². The molecule has 12 aromatic carbocycles. The average Bonchev–Trinajstić information content (AvgIpc) is 3.53. The fourth-order valence-electron chi connectivity index (χ4n) is 10.2. The van der Waals surface area contributed by atoms with E-state index >= 15 is 4.57 Å². The van der Waals surface area contributed by atoms with Gasteiger partial charge in [0.2, 0.25) is 0 Å². The molecule has 0 N–H and O–H groups in total. The van der Waals surface area contributed by atoms with Crippen molar-refractivity contribution in [2.45, 2.75) is 0 Å². The predicted octanol–water partition coefficient (Wildman–Crippen LogP) is 17.2. The fraction of sp³-hybridized carbons (Fsp3) is 0. The van der Waals surface area contributed by atoms with E-state index in [0.29, 0.717) is 17.5 Å². The lowest BCUT2D eigenvalue weighted by molar-refractivity contribution is 0.592. The average molecular weight is 990 g/mol. The fourth-order valence-corrected chi connectivity index (χ4v) is 12.9. The van der Waals surface area contributed by atoms with Crippen molar-refractivity contribution in [3.8, 4) is 89.8 Å². The van der Waals surface area contributed by atoms with E-state index in [-0.39, 0.29) is 0 Å². The minimum Gasteiger partial charge on any atom is -0.309 e. The van der Waals surface area contributed by atoms with Gasteiger partial charge in [-0.3, -0.25) is 0 Å². The number of hydrogen-bond donors (Lipinski definition) is 0. The third-order valence-electron chi connectivity index (χ3n) is 14.5. The van der Waals surface area contributed by atoms with Crippen LogP contribution in [0.3, 0.4) is 0 Å². The monoisotopic (exact) mass is 989 g/mol. The van der Waals surface area contributed by atoms with Crippen LogP contribution in [0.2, 0.25) is 0 Å². The maximum atomic E-state index is 15.7. The maximum absolute atomic E-state index is 15.7. The van der Waals surface area contributed by atoms with E-state index in [1.54, 1.807) is 0 Å². The Labute approximate surface area is 442 Å². The Bertz CT molecular complexity index is 4050. The van der Waals surface area contributed by atoms with Crippen molar-refractivity contribution in [3.63, 3.8) is 0 Å².